The Hall–Kier alpha value is -0.220. The molecule has 0 bridgehead atoms. The summed E-state index contributed by atoms with van der Waals surface area (Å²) in [5, 5.41) is 0. The average molecular weight is 315 g/mol. The molecule has 1 aliphatic rings. The second-order valence-corrected chi connectivity index (χ2v) is 7.86. The fourth-order valence-electron chi connectivity index (χ4n) is 2.10. The monoisotopic (exact) mass is 314 g/mol. The fourth-order valence-corrected chi connectivity index (χ4v) is 3.64. The van der Waals surface area contributed by atoms with Crippen molar-refractivity contribution < 1.29 is 0 Å². The van der Waals surface area contributed by atoms with Crippen LogP contribution in [0.2, 0.25) is 0 Å². The van der Waals surface area contributed by atoms with Crippen molar-refractivity contribution in [1.29, 1.82) is 0 Å². The topological polar surface area (TPSA) is 16.1 Å². The Bertz CT molecular complexity index is 406. The minimum absolute atomic E-state index is 0.401. The molecule has 0 atom stereocenters. The number of thioether (sulfide) groups is 1. The summed E-state index contributed by atoms with van der Waals surface area (Å²) in [7, 11) is 0. The second kappa shape index (κ2) is 5.19. The van der Waals surface area contributed by atoms with Crippen molar-refractivity contribution >= 4 is 33.5 Å². The Kier molecular flexibility index (Phi) is 4.03. The van der Waals surface area contributed by atoms with Gasteiger partial charge in [-0.2, -0.15) is 11.8 Å². The lowest BCUT2D eigenvalue weighted by atomic mass is 10.1. The molecule has 2 rings (SSSR count). The summed E-state index contributed by atoms with van der Waals surface area (Å²) in [5.74, 6) is 2.33. The molecule has 1 saturated heterocycles. The van der Waals surface area contributed by atoms with Crippen LogP contribution < -0.4 is 4.90 Å². The van der Waals surface area contributed by atoms with Gasteiger partial charge in [0.1, 0.15) is 5.82 Å². The van der Waals surface area contributed by atoms with Crippen LogP contribution in [0, 0.1) is 6.92 Å². The molecule has 0 aromatic carbocycles. The summed E-state index contributed by atoms with van der Waals surface area (Å²) in [6.07, 6.45) is 3.11. The summed E-state index contributed by atoms with van der Waals surface area (Å²) in [6.45, 7) is 9.02. The quantitative estimate of drug-likeness (QED) is 0.782. The number of hydrogen-bond donors (Lipinski definition) is 0. The first kappa shape index (κ1) is 13.2. The van der Waals surface area contributed by atoms with E-state index in [9.17, 15) is 0 Å². The van der Waals surface area contributed by atoms with E-state index in [1.807, 2.05) is 6.20 Å². The van der Waals surface area contributed by atoms with Crippen molar-refractivity contribution in [3.8, 4) is 0 Å². The van der Waals surface area contributed by atoms with Crippen LogP contribution in [0.3, 0.4) is 0 Å². The molecule has 1 aromatic rings. The first-order valence-electron chi connectivity index (χ1n) is 5.99. The van der Waals surface area contributed by atoms with Crippen LogP contribution in [0.5, 0.6) is 0 Å². The number of halogens is 1. The van der Waals surface area contributed by atoms with E-state index in [1.165, 1.54) is 17.7 Å². The Morgan fingerprint density at radius 3 is 2.88 bits per heavy atom. The van der Waals surface area contributed by atoms with Crippen LogP contribution in [0.1, 0.15) is 25.8 Å². The fraction of sp³-hybridized carbons (Fsp3) is 0.615. The number of anilines is 1. The largest absolute Gasteiger partial charge is 0.356 e. The highest BCUT2D eigenvalue weighted by molar-refractivity contribution is 9.10. The van der Waals surface area contributed by atoms with Gasteiger partial charge in [0, 0.05) is 34.3 Å². The maximum absolute atomic E-state index is 4.56. The van der Waals surface area contributed by atoms with Crippen molar-refractivity contribution in [2.24, 2.45) is 0 Å². The first-order chi connectivity index (χ1) is 7.98. The number of aromatic nitrogens is 1. The van der Waals surface area contributed by atoms with E-state index in [0.717, 1.165) is 23.4 Å². The zero-order chi connectivity index (χ0) is 12.5. The molecule has 1 aromatic heterocycles. The van der Waals surface area contributed by atoms with Gasteiger partial charge in [0.15, 0.2) is 0 Å². The van der Waals surface area contributed by atoms with Gasteiger partial charge in [0.2, 0.25) is 0 Å². The zero-order valence-electron chi connectivity index (χ0n) is 10.7. The molecule has 0 amide bonds. The summed E-state index contributed by atoms with van der Waals surface area (Å²) in [6, 6.07) is 2.14. The predicted octanol–water partition coefficient (Wildman–Crippen LogP) is 3.87. The van der Waals surface area contributed by atoms with E-state index in [1.54, 1.807) is 0 Å². The zero-order valence-corrected chi connectivity index (χ0v) is 13.1. The number of hydrogen-bond acceptors (Lipinski definition) is 3. The SMILES string of the molecule is Cc1cc(Br)cnc1N1CCSC(C)(C)CC1. The van der Waals surface area contributed by atoms with E-state index in [-0.39, 0.29) is 0 Å². The highest BCUT2D eigenvalue weighted by Crippen LogP contribution is 2.32. The molecule has 0 aliphatic carbocycles. The van der Waals surface area contributed by atoms with Gasteiger partial charge in [-0.05, 0) is 40.9 Å². The van der Waals surface area contributed by atoms with Crippen LogP contribution >= 0.6 is 27.7 Å². The molecule has 0 spiro atoms. The van der Waals surface area contributed by atoms with Crippen LogP contribution in [-0.2, 0) is 0 Å². The van der Waals surface area contributed by atoms with Crippen LogP contribution in [0.4, 0.5) is 5.82 Å². The van der Waals surface area contributed by atoms with Crippen molar-refractivity contribution in [2.45, 2.75) is 31.9 Å². The number of aryl methyl sites for hydroxylation is 1. The normalized spacial score (nSPS) is 20.1. The van der Waals surface area contributed by atoms with Crippen LogP contribution in [-0.4, -0.2) is 28.6 Å². The van der Waals surface area contributed by atoms with Gasteiger partial charge in [-0.3, -0.25) is 0 Å². The Labute approximate surface area is 116 Å². The molecular weight excluding hydrogens is 296 g/mol. The maximum atomic E-state index is 4.56. The molecule has 1 aliphatic heterocycles. The van der Waals surface area contributed by atoms with Gasteiger partial charge in [-0.15, -0.1) is 0 Å². The molecule has 0 saturated carbocycles. The molecule has 0 unspecified atom stereocenters. The van der Waals surface area contributed by atoms with Crippen LogP contribution in [0.15, 0.2) is 16.7 Å². The highest BCUT2D eigenvalue weighted by Gasteiger charge is 2.24. The second-order valence-electron chi connectivity index (χ2n) is 5.14. The third-order valence-electron chi connectivity index (χ3n) is 3.15. The van der Waals surface area contributed by atoms with E-state index >= 15 is 0 Å². The van der Waals surface area contributed by atoms with Crippen molar-refractivity contribution in [2.75, 3.05) is 23.7 Å². The average Bonchev–Trinajstić information content (AvgIpc) is 2.40. The van der Waals surface area contributed by atoms with E-state index in [4.69, 9.17) is 0 Å². The molecular formula is C13H19BrN2S. The van der Waals surface area contributed by atoms with Crippen molar-refractivity contribution in [3.05, 3.63) is 22.3 Å². The Morgan fingerprint density at radius 2 is 2.18 bits per heavy atom. The van der Waals surface area contributed by atoms with Crippen LogP contribution in [0.25, 0.3) is 0 Å². The molecule has 2 heterocycles. The molecule has 0 radical (unpaired) electrons. The summed E-state index contributed by atoms with van der Waals surface area (Å²) < 4.78 is 1.46. The number of nitrogens with zero attached hydrogens (tertiary/aromatic N) is 2. The summed E-state index contributed by atoms with van der Waals surface area (Å²) >= 11 is 5.54. The molecule has 1 fully saturated rings. The Balaban J connectivity index is 2.17. The summed E-state index contributed by atoms with van der Waals surface area (Å²) in [4.78, 5) is 6.98. The lowest BCUT2D eigenvalue weighted by Crippen LogP contribution is -2.28. The number of rotatable bonds is 1. The van der Waals surface area contributed by atoms with Gasteiger partial charge in [-0.1, -0.05) is 13.8 Å². The predicted molar refractivity (Wildman–Crippen MR) is 80.0 cm³/mol. The smallest absolute Gasteiger partial charge is 0.131 e. The van der Waals surface area contributed by atoms with E-state index in [0.29, 0.717) is 4.75 Å². The third kappa shape index (κ3) is 3.38. The minimum atomic E-state index is 0.401. The molecule has 17 heavy (non-hydrogen) atoms. The number of pyridine rings is 1. The summed E-state index contributed by atoms with van der Waals surface area (Å²) in [5.41, 5.74) is 1.25. The van der Waals surface area contributed by atoms with Crippen molar-refractivity contribution in [1.82, 2.24) is 4.98 Å². The standard InChI is InChI=1S/C13H19BrN2S/c1-10-8-11(14)9-15-12(10)16-5-4-13(2,3)17-7-6-16/h8-9H,4-7H2,1-3H3. The Morgan fingerprint density at radius 1 is 1.41 bits per heavy atom. The highest BCUT2D eigenvalue weighted by atomic mass is 79.9. The lowest BCUT2D eigenvalue weighted by Gasteiger charge is -2.24. The van der Waals surface area contributed by atoms with Gasteiger partial charge < -0.3 is 4.90 Å². The van der Waals surface area contributed by atoms with E-state index in [2.05, 4.69) is 64.4 Å². The van der Waals surface area contributed by atoms with Gasteiger partial charge >= 0.3 is 0 Å². The molecule has 4 heteroatoms. The molecule has 94 valence electrons. The minimum Gasteiger partial charge on any atom is -0.356 e. The van der Waals surface area contributed by atoms with E-state index < -0.39 is 0 Å². The van der Waals surface area contributed by atoms with Gasteiger partial charge in [-0.25, -0.2) is 4.98 Å². The first-order valence-corrected chi connectivity index (χ1v) is 7.77. The lowest BCUT2D eigenvalue weighted by molar-refractivity contribution is 0.634. The van der Waals surface area contributed by atoms with Gasteiger partial charge in [0.25, 0.3) is 0 Å². The third-order valence-corrected chi connectivity index (χ3v) is 4.96. The molecule has 0 N–H and O–H groups in total. The van der Waals surface area contributed by atoms with Gasteiger partial charge in [0.05, 0.1) is 0 Å². The molecule has 2 nitrogen and oxygen atoms in total. The maximum Gasteiger partial charge on any atom is 0.131 e. The van der Waals surface area contributed by atoms with Crippen molar-refractivity contribution in [3.63, 3.8) is 0 Å².